The number of amides is 3. The van der Waals surface area contributed by atoms with Crippen molar-refractivity contribution >= 4 is 29.1 Å². The molecule has 6 nitrogen and oxygen atoms in total. The van der Waals surface area contributed by atoms with Crippen LogP contribution in [0.3, 0.4) is 0 Å². The van der Waals surface area contributed by atoms with Crippen molar-refractivity contribution < 1.29 is 14.4 Å². The minimum Gasteiger partial charge on any atom is -0.354 e. The van der Waals surface area contributed by atoms with Gasteiger partial charge in [-0.2, -0.15) is 0 Å². The number of nitrogens with one attached hydrogen (secondary N) is 3. The van der Waals surface area contributed by atoms with Crippen LogP contribution in [0.1, 0.15) is 30.6 Å². The maximum Gasteiger partial charge on any atom is 0.309 e. The molecule has 1 aliphatic carbocycles. The Morgan fingerprint density at radius 1 is 1.17 bits per heavy atom. The van der Waals surface area contributed by atoms with Crippen LogP contribution in [0.2, 0.25) is 0 Å². The van der Waals surface area contributed by atoms with Crippen LogP contribution in [0.25, 0.3) is 0 Å². The minimum absolute atomic E-state index is 0.00910. The molecule has 1 aliphatic rings. The smallest absolute Gasteiger partial charge is 0.309 e. The normalized spacial score (nSPS) is 15.5. The molecule has 3 amide bonds. The van der Waals surface area contributed by atoms with Crippen LogP contribution >= 0.6 is 11.3 Å². The molecule has 1 heterocycles. The van der Waals surface area contributed by atoms with Crippen molar-refractivity contribution in [3.63, 3.8) is 0 Å². The van der Waals surface area contributed by atoms with E-state index in [1.807, 2.05) is 6.07 Å². The van der Waals surface area contributed by atoms with Gasteiger partial charge in [0.2, 0.25) is 5.91 Å². The van der Waals surface area contributed by atoms with E-state index in [0.717, 1.165) is 25.7 Å². The highest BCUT2D eigenvalue weighted by atomic mass is 32.1. The zero-order valence-corrected chi connectivity index (χ0v) is 14.4. The topological polar surface area (TPSA) is 87.3 Å². The fourth-order valence-corrected chi connectivity index (χ4v) is 3.95. The van der Waals surface area contributed by atoms with E-state index < -0.39 is 11.8 Å². The number of rotatable bonds is 7. The molecule has 0 aromatic carbocycles. The van der Waals surface area contributed by atoms with Gasteiger partial charge in [-0.1, -0.05) is 25.0 Å². The van der Waals surface area contributed by atoms with Crippen LogP contribution in [-0.2, 0) is 19.8 Å². The van der Waals surface area contributed by atoms with E-state index in [1.54, 1.807) is 11.3 Å². The van der Waals surface area contributed by atoms with Crippen molar-refractivity contribution in [2.75, 3.05) is 19.6 Å². The quantitative estimate of drug-likeness (QED) is 0.509. The maximum atomic E-state index is 12.0. The van der Waals surface area contributed by atoms with Crippen LogP contribution in [0.15, 0.2) is 30.2 Å². The van der Waals surface area contributed by atoms with Crippen LogP contribution < -0.4 is 16.0 Å². The van der Waals surface area contributed by atoms with E-state index in [-0.39, 0.29) is 24.4 Å². The predicted molar refractivity (Wildman–Crippen MR) is 93.7 cm³/mol. The summed E-state index contributed by atoms with van der Waals surface area (Å²) in [5.41, 5.74) is 0.00910. The molecule has 0 aliphatic heterocycles. The van der Waals surface area contributed by atoms with Crippen molar-refractivity contribution in [1.82, 2.24) is 16.0 Å². The fraction of sp³-hybridized carbons (Fsp3) is 0.471. The molecule has 0 saturated heterocycles. The fourth-order valence-electron chi connectivity index (χ4n) is 2.96. The van der Waals surface area contributed by atoms with Gasteiger partial charge in [-0.15, -0.1) is 17.9 Å². The summed E-state index contributed by atoms with van der Waals surface area (Å²) in [6.45, 7) is 4.01. The van der Waals surface area contributed by atoms with Gasteiger partial charge in [-0.05, 0) is 24.3 Å². The van der Waals surface area contributed by atoms with E-state index in [2.05, 4.69) is 34.0 Å². The lowest BCUT2D eigenvalue weighted by Crippen LogP contribution is -2.46. The molecular weight excluding hydrogens is 326 g/mol. The second kappa shape index (κ2) is 8.63. The summed E-state index contributed by atoms with van der Waals surface area (Å²) >= 11 is 1.72. The van der Waals surface area contributed by atoms with Gasteiger partial charge < -0.3 is 16.0 Å². The van der Waals surface area contributed by atoms with E-state index >= 15 is 0 Å². The molecule has 1 aromatic heterocycles. The van der Waals surface area contributed by atoms with Crippen LogP contribution in [-0.4, -0.2) is 37.4 Å². The zero-order valence-electron chi connectivity index (χ0n) is 13.6. The summed E-state index contributed by atoms with van der Waals surface area (Å²) in [6, 6.07) is 4.15. The van der Waals surface area contributed by atoms with Crippen molar-refractivity contribution in [2.24, 2.45) is 0 Å². The molecule has 0 spiro atoms. The Labute approximate surface area is 145 Å². The largest absolute Gasteiger partial charge is 0.354 e. The second-order valence-corrected chi connectivity index (χ2v) is 6.87. The Hall–Kier alpha value is -2.15. The highest BCUT2D eigenvalue weighted by Crippen LogP contribution is 2.42. The first-order valence-electron chi connectivity index (χ1n) is 8.05. The molecule has 130 valence electrons. The van der Waals surface area contributed by atoms with Crippen LogP contribution in [0, 0.1) is 0 Å². The molecule has 0 bridgehead atoms. The molecule has 1 fully saturated rings. The Morgan fingerprint density at radius 3 is 2.50 bits per heavy atom. The summed E-state index contributed by atoms with van der Waals surface area (Å²) in [5, 5.41) is 9.63. The first-order valence-corrected chi connectivity index (χ1v) is 8.93. The Balaban J connectivity index is 1.79. The first kappa shape index (κ1) is 18.2. The molecular formula is C17H23N3O3S. The zero-order chi connectivity index (χ0) is 17.4. The van der Waals surface area contributed by atoms with E-state index in [1.165, 1.54) is 11.0 Å². The molecule has 1 saturated carbocycles. The number of hydrogen-bond acceptors (Lipinski definition) is 4. The third kappa shape index (κ3) is 4.67. The van der Waals surface area contributed by atoms with Gasteiger partial charge in [0.15, 0.2) is 0 Å². The van der Waals surface area contributed by atoms with Crippen molar-refractivity contribution in [2.45, 2.75) is 31.1 Å². The van der Waals surface area contributed by atoms with Crippen LogP contribution in [0.5, 0.6) is 0 Å². The Kier molecular flexibility index (Phi) is 6.54. The van der Waals surface area contributed by atoms with Gasteiger partial charge in [0.25, 0.3) is 0 Å². The molecule has 0 unspecified atom stereocenters. The standard InChI is InChI=1S/C17H23N3O3S/c1-2-9-18-15(22)16(23)19-11-14(21)20-12-17(7-3-4-8-17)13-6-5-10-24-13/h2,5-6,10H,1,3-4,7-9,11-12H2,(H,18,22)(H,19,23)(H,20,21). The average Bonchev–Trinajstić information content (AvgIpc) is 3.27. The monoisotopic (exact) mass is 349 g/mol. The third-order valence-electron chi connectivity index (χ3n) is 4.25. The number of thiophene rings is 1. The predicted octanol–water partition coefficient (Wildman–Crippen LogP) is 1.09. The van der Waals surface area contributed by atoms with Gasteiger partial charge in [-0.25, -0.2) is 0 Å². The van der Waals surface area contributed by atoms with E-state index in [4.69, 9.17) is 0 Å². The second-order valence-electron chi connectivity index (χ2n) is 5.92. The van der Waals surface area contributed by atoms with Gasteiger partial charge >= 0.3 is 11.8 Å². The van der Waals surface area contributed by atoms with Crippen molar-refractivity contribution in [3.8, 4) is 0 Å². The average molecular weight is 349 g/mol. The van der Waals surface area contributed by atoms with E-state index in [0.29, 0.717) is 6.54 Å². The van der Waals surface area contributed by atoms with Gasteiger partial charge in [0.1, 0.15) is 0 Å². The molecule has 1 aromatic rings. The molecule has 24 heavy (non-hydrogen) atoms. The highest BCUT2D eigenvalue weighted by molar-refractivity contribution is 7.10. The molecule has 0 atom stereocenters. The lowest BCUT2D eigenvalue weighted by atomic mass is 9.84. The van der Waals surface area contributed by atoms with E-state index in [9.17, 15) is 14.4 Å². The van der Waals surface area contributed by atoms with Gasteiger partial charge in [0, 0.05) is 23.4 Å². The lowest BCUT2D eigenvalue weighted by Gasteiger charge is -2.28. The lowest BCUT2D eigenvalue weighted by molar-refractivity contribution is -0.139. The molecule has 2 rings (SSSR count). The summed E-state index contributed by atoms with van der Waals surface area (Å²) in [6.07, 6.45) is 5.92. The third-order valence-corrected chi connectivity index (χ3v) is 5.37. The SMILES string of the molecule is C=CCNC(=O)C(=O)NCC(=O)NCC1(c2cccs2)CCCC1. The molecule has 3 N–H and O–H groups in total. The van der Waals surface area contributed by atoms with Crippen molar-refractivity contribution in [1.29, 1.82) is 0 Å². The van der Waals surface area contributed by atoms with Gasteiger partial charge in [-0.3, -0.25) is 14.4 Å². The summed E-state index contributed by atoms with van der Waals surface area (Å²) in [5.74, 6) is -1.88. The highest BCUT2D eigenvalue weighted by Gasteiger charge is 2.36. The maximum absolute atomic E-state index is 12.0. The number of carbonyl (C=O) groups is 3. The first-order chi connectivity index (χ1) is 11.6. The minimum atomic E-state index is -0.819. The summed E-state index contributed by atoms with van der Waals surface area (Å²) < 4.78 is 0. The van der Waals surface area contributed by atoms with Crippen molar-refractivity contribution in [3.05, 3.63) is 35.0 Å². The molecule has 7 heteroatoms. The summed E-state index contributed by atoms with van der Waals surface area (Å²) in [7, 11) is 0. The van der Waals surface area contributed by atoms with Crippen LogP contribution in [0.4, 0.5) is 0 Å². The number of carbonyl (C=O) groups excluding carboxylic acids is 3. The Morgan fingerprint density at radius 2 is 1.88 bits per heavy atom. The van der Waals surface area contributed by atoms with Gasteiger partial charge in [0.05, 0.1) is 6.54 Å². The molecule has 0 radical (unpaired) electrons. The summed E-state index contributed by atoms with van der Waals surface area (Å²) in [4.78, 5) is 36.2. The number of hydrogen-bond donors (Lipinski definition) is 3. The Bertz CT molecular complexity index is 592.